The van der Waals surface area contributed by atoms with Gasteiger partial charge in [-0.1, -0.05) is 12.1 Å². The van der Waals surface area contributed by atoms with E-state index in [1.807, 2.05) is 0 Å². The molecule has 0 bridgehead atoms. The van der Waals surface area contributed by atoms with Crippen LogP contribution in [-0.2, 0) is 6.18 Å². The first kappa shape index (κ1) is 13.9. The number of para-hydroxylation sites is 1. The number of hydrogen-bond acceptors (Lipinski definition) is 6. The van der Waals surface area contributed by atoms with E-state index in [2.05, 4.69) is 20.7 Å². The maximum Gasteiger partial charge on any atom is 0.418 e. The normalized spacial score (nSPS) is 11.2. The number of aromatic nitrogens is 2. The predicted molar refractivity (Wildman–Crippen MR) is 69.0 cm³/mol. The molecule has 6 N–H and O–H groups in total. The lowest BCUT2D eigenvalue weighted by atomic mass is 10.1. The van der Waals surface area contributed by atoms with Crippen molar-refractivity contribution in [2.75, 3.05) is 16.5 Å². The minimum absolute atomic E-state index is 0.0992. The molecule has 0 unspecified atom stereocenters. The van der Waals surface area contributed by atoms with E-state index >= 15 is 0 Å². The Labute approximate surface area is 112 Å². The van der Waals surface area contributed by atoms with Crippen LogP contribution in [0.15, 0.2) is 30.3 Å². The average molecular weight is 284 g/mol. The Hall–Kier alpha value is -2.55. The number of rotatable bonds is 3. The zero-order valence-electron chi connectivity index (χ0n) is 10.1. The highest BCUT2D eigenvalue weighted by Crippen LogP contribution is 2.35. The van der Waals surface area contributed by atoms with Gasteiger partial charge in [0.25, 0.3) is 0 Å². The highest BCUT2D eigenvalue weighted by Gasteiger charge is 2.33. The summed E-state index contributed by atoms with van der Waals surface area (Å²) >= 11 is 0. The minimum Gasteiger partial charge on any atom is -0.368 e. The second-order valence-corrected chi connectivity index (χ2v) is 3.81. The molecule has 2 rings (SSSR count). The summed E-state index contributed by atoms with van der Waals surface area (Å²) in [6.07, 6.45) is -4.48. The summed E-state index contributed by atoms with van der Waals surface area (Å²) in [5.74, 6) is 5.34. The maximum absolute atomic E-state index is 12.8. The van der Waals surface area contributed by atoms with E-state index in [1.165, 1.54) is 24.3 Å². The fourth-order valence-electron chi connectivity index (χ4n) is 1.58. The molecule has 0 fully saturated rings. The SMILES string of the molecule is NNc1cc(Nc2ccccc2C(F)(F)F)nc(N)n1. The van der Waals surface area contributed by atoms with Crippen LogP contribution in [0.1, 0.15) is 5.56 Å². The highest BCUT2D eigenvalue weighted by molar-refractivity contribution is 5.64. The monoisotopic (exact) mass is 284 g/mol. The Balaban J connectivity index is 2.38. The molecule has 1 heterocycles. The maximum atomic E-state index is 12.8. The van der Waals surface area contributed by atoms with E-state index < -0.39 is 11.7 Å². The summed E-state index contributed by atoms with van der Waals surface area (Å²) in [5.41, 5.74) is 6.73. The second-order valence-electron chi connectivity index (χ2n) is 3.81. The third-order valence-electron chi connectivity index (χ3n) is 2.39. The summed E-state index contributed by atoms with van der Waals surface area (Å²) in [4.78, 5) is 7.53. The number of benzene rings is 1. The van der Waals surface area contributed by atoms with Crippen molar-refractivity contribution in [2.24, 2.45) is 5.84 Å². The summed E-state index contributed by atoms with van der Waals surface area (Å²) in [5, 5.41) is 2.55. The highest BCUT2D eigenvalue weighted by atomic mass is 19.4. The predicted octanol–water partition coefficient (Wildman–Crippen LogP) is 2.11. The van der Waals surface area contributed by atoms with Crippen LogP contribution in [0.2, 0.25) is 0 Å². The molecule has 9 heteroatoms. The van der Waals surface area contributed by atoms with Crippen molar-refractivity contribution in [1.29, 1.82) is 0 Å². The number of nitrogen functional groups attached to an aromatic ring is 2. The van der Waals surface area contributed by atoms with Crippen LogP contribution in [0.5, 0.6) is 0 Å². The Bertz CT molecular complexity index is 613. The Morgan fingerprint density at radius 1 is 1.05 bits per heavy atom. The van der Waals surface area contributed by atoms with E-state index in [1.54, 1.807) is 0 Å². The molecule has 0 saturated carbocycles. The molecule has 0 radical (unpaired) electrons. The van der Waals surface area contributed by atoms with Gasteiger partial charge in [-0.2, -0.15) is 23.1 Å². The number of anilines is 4. The molecule has 20 heavy (non-hydrogen) atoms. The topological polar surface area (TPSA) is 102 Å². The quantitative estimate of drug-likeness (QED) is 0.508. The first-order chi connectivity index (χ1) is 9.40. The number of hydrazine groups is 1. The van der Waals surface area contributed by atoms with E-state index in [4.69, 9.17) is 11.6 Å². The molecule has 0 atom stereocenters. The molecular weight excluding hydrogens is 273 g/mol. The fraction of sp³-hybridized carbons (Fsp3) is 0.0909. The zero-order valence-corrected chi connectivity index (χ0v) is 10.1. The number of hydrogen-bond donors (Lipinski definition) is 4. The molecular formula is C11H11F3N6. The van der Waals surface area contributed by atoms with Gasteiger partial charge in [-0.3, -0.25) is 0 Å². The lowest BCUT2D eigenvalue weighted by molar-refractivity contribution is -0.136. The van der Waals surface area contributed by atoms with Gasteiger partial charge in [0, 0.05) is 6.07 Å². The molecule has 2 aromatic rings. The molecule has 1 aromatic carbocycles. The lowest BCUT2D eigenvalue weighted by Gasteiger charge is -2.14. The number of halogens is 3. The van der Waals surface area contributed by atoms with Crippen molar-refractivity contribution < 1.29 is 13.2 Å². The molecule has 1 aromatic heterocycles. The van der Waals surface area contributed by atoms with E-state index in [0.29, 0.717) is 0 Å². The molecule has 0 aliphatic rings. The van der Waals surface area contributed by atoms with Crippen LogP contribution in [0, 0.1) is 0 Å². The van der Waals surface area contributed by atoms with E-state index in [0.717, 1.165) is 6.07 Å². The van der Waals surface area contributed by atoms with Gasteiger partial charge in [-0.25, -0.2) is 5.84 Å². The molecule has 0 amide bonds. The Kier molecular flexibility index (Phi) is 3.61. The van der Waals surface area contributed by atoms with Gasteiger partial charge >= 0.3 is 6.18 Å². The average Bonchev–Trinajstić information content (AvgIpc) is 2.37. The van der Waals surface area contributed by atoms with Crippen molar-refractivity contribution in [1.82, 2.24) is 9.97 Å². The third-order valence-corrected chi connectivity index (χ3v) is 2.39. The van der Waals surface area contributed by atoms with Gasteiger partial charge < -0.3 is 16.5 Å². The largest absolute Gasteiger partial charge is 0.418 e. The molecule has 0 aliphatic heterocycles. The molecule has 6 nitrogen and oxygen atoms in total. The number of nitrogens with one attached hydrogen (secondary N) is 2. The molecule has 0 saturated heterocycles. The molecule has 0 aliphatic carbocycles. The van der Waals surface area contributed by atoms with E-state index in [-0.39, 0.29) is 23.3 Å². The smallest absolute Gasteiger partial charge is 0.368 e. The van der Waals surface area contributed by atoms with Crippen LogP contribution in [-0.4, -0.2) is 9.97 Å². The summed E-state index contributed by atoms with van der Waals surface area (Å²) in [6, 6.07) is 6.37. The van der Waals surface area contributed by atoms with Crippen LogP contribution < -0.4 is 22.3 Å². The van der Waals surface area contributed by atoms with Crippen molar-refractivity contribution >= 4 is 23.3 Å². The van der Waals surface area contributed by atoms with Crippen molar-refractivity contribution in [3.05, 3.63) is 35.9 Å². The molecule has 0 spiro atoms. The second kappa shape index (κ2) is 5.21. The standard InChI is InChI=1S/C11H11F3N6/c12-11(13,14)6-3-1-2-4-7(6)17-8-5-9(20-16)19-10(15)18-8/h1-5H,16H2,(H4,15,17,18,19,20). The van der Waals surface area contributed by atoms with Gasteiger partial charge in [0.05, 0.1) is 11.3 Å². The zero-order chi connectivity index (χ0) is 14.8. The van der Waals surface area contributed by atoms with Gasteiger partial charge in [0.15, 0.2) is 0 Å². The first-order valence-electron chi connectivity index (χ1n) is 5.44. The van der Waals surface area contributed by atoms with Crippen molar-refractivity contribution in [3.8, 4) is 0 Å². The van der Waals surface area contributed by atoms with Crippen LogP contribution in [0.25, 0.3) is 0 Å². The van der Waals surface area contributed by atoms with Gasteiger partial charge in [-0.15, -0.1) is 0 Å². The number of nitrogens with zero attached hydrogens (tertiary/aromatic N) is 2. The number of alkyl halides is 3. The van der Waals surface area contributed by atoms with Crippen LogP contribution in [0.4, 0.5) is 36.4 Å². The van der Waals surface area contributed by atoms with Crippen LogP contribution in [0.3, 0.4) is 0 Å². The first-order valence-corrected chi connectivity index (χ1v) is 5.44. The number of nitrogens with two attached hydrogens (primary N) is 2. The van der Waals surface area contributed by atoms with Crippen molar-refractivity contribution in [2.45, 2.75) is 6.18 Å². The van der Waals surface area contributed by atoms with Crippen LogP contribution >= 0.6 is 0 Å². The van der Waals surface area contributed by atoms with E-state index in [9.17, 15) is 13.2 Å². The fourth-order valence-corrected chi connectivity index (χ4v) is 1.58. The molecule has 106 valence electrons. The third kappa shape index (κ3) is 3.06. The summed E-state index contributed by atoms with van der Waals surface area (Å²) in [7, 11) is 0. The summed E-state index contributed by atoms with van der Waals surface area (Å²) < 4.78 is 38.5. The Morgan fingerprint density at radius 2 is 1.70 bits per heavy atom. The van der Waals surface area contributed by atoms with Gasteiger partial charge in [-0.05, 0) is 12.1 Å². The van der Waals surface area contributed by atoms with Gasteiger partial charge in [0.1, 0.15) is 11.6 Å². The van der Waals surface area contributed by atoms with Crippen molar-refractivity contribution in [3.63, 3.8) is 0 Å². The summed E-state index contributed by atoms with van der Waals surface area (Å²) in [6.45, 7) is 0. The lowest BCUT2D eigenvalue weighted by Crippen LogP contribution is -2.12. The van der Waals surface area contributed by atoms with Gasteiger partial charge in [0.2, 0.25) is 5.95 Å². The Morgan fingerprint density at radius 3 is 2.35 bits per heavy atom. The minimum atomic E-state index is -4.48.